The van der Waals surface area contributed by atoms with E-state index in [9.17, 15) is 9.18 Å². The minimum Gasteiger partial charge on any atom is -0.293 e. The molecule has 1 aromatic carbocycles. The lowest BCUT2D eigenvalue weighted by Gasteiger charge is -2.14. The van der Waals surface area contributed by atoms with E-state index in [1.165, 1.54) is 12.3 Å². The molecule has 0 spiro atoms. The molecule has 1 heterocycles. The monoisotopic (exact) mass is 241 g/mol. The Balaban J connectivity index is 2.01. The van der Waals surface area contributed by atoms with E-state index < -0.39 is 11.2 Å². The number of hydrogen-bond donors (Lipinski definition) is 0. The quantitative estimate of drug-likeness (QED) is 0.773. The Hall–Kier alpha value is -2.03. The summed E-state index contributed by atoms with van der Waals surface area (Å²) in [4.78, 5) is 16.2. The molecule has 0 amide bonds. The van der Waals surface area contributed by atoms with Crippen molar-refractivity contribution >= 4 is 5.78 Å². The molecule has 3 heteroatoms. The first-order valence-corrected chi connectivity index (χ1v) is 5.94. The molecule has 2 aromatic rings. The summed E-state index contributed by atoms with van der Waals surface area (Å²) in [6.07, 6.45) is 4.13. The molecule has 1 aromatic heterocycles. The highest BCUT2D eigenvalue weighted by atomic mass is 19.1. The summed E-state index contributed by atoms with van der Waals surface area (Å²) in [7, 11) is 0. The summed E-state index contributed by atoms with van der Waals surface area (Å²) in [5.74, 6) is -0.668. The summed E-state index contributed by atoms with van der Waals surface area (Å²) >= 11 is 0. The van der Waals surface area contributed by atoms with Gasteiger partial charge in [0.2, 0.25) is 0 Å². The van der Waals surface area contributed by atoms with Gasteiger partial charge in [0.05, 0.1) is 17.2 Å². The molecular weight excluding hydrogens is 229 g/mol. The van der Waals surface area contributed by atoms with E-state index in [1.807, 2.05) is 30.3 Å². The topological polar surface area (TPSA) is 30.0 Å². The molecule has 0 bridgehead atoms. The molecule has 1 aliphatic rings. The molecule has 0 radical (unpaired) electrons. The maximum atomic E-state index is 13.6. The van der Waals surface area contributed by atoms with Crippen molar-refractivity contribution in [2.45, 2.75) is 18.3 Å². The van der Waals surface area contributed by atoms with Crippen molar-refractivity contribution < 1.29 is 9.18 Å². The number of carbonyl (C=O) groups is 1. The number of hydrogen-bond acceptors (Lipinski definition) is 2. The Morgan fingerprint density at radius 3 is 2.50 bits per heavy atom. The van der Waals surface area contributed by atoms with Gasteiger partial charge in [-0.3, -0.25) is 9.78 Å². The molecule has 1 aliphatic carbocycles. The fourth-order valence-electron chi connectivity index (χ4n) is 2.35. The standard InChI is InChI=1S/C15H12FNO/c16-13-10-17-9-6-12(13)14(18)15(7-8-15)11-4-2-1-3-5-11/h1-6,9-10H,7-8H2. The highest BCUT2D eigenvalue weighted by Gasteiger charge is 2.51. The van der Waals surface area contributed by atoms with Gasteiger partial charge in [-0.15, -0.1) is 0 Å². The lowest BCUT2D eigenvalue weighted by Crippen LogP contribution is -2.21. The van der Waals surface area contributed by atoms with Crippen LogP contribution in [0.1, 0.15) is 28.8 Å². The van der Waals surface area contributed by atoms with Crippen LogP contribution >= 0.6 is 0 Å². The van der Waals surface area contributed by atoms with Gasteiger partial charge >= 0.3 is 0 Å². The average molecular weight is 241 g/mol. The minimum atomic E-state index is -0.537. The predicted molar refractivity (Wildman–Crippen MR) is 65.9 cm³/mol. The summed E-state index contributed by atoms with van der Waals surface area (Å²) in [6.45, 7) is 0. The Bertz CT molecular complexity index is 590. The van der Waals surface area contributed by atoms with Gasteiger partial charge in [0.15, 0.2) is 11.6 Å². The van der Waals surface area contributed by atoms with Crippen LogP contribution in [0.3, 0.4) is 0 Å². The predicted octanol–water partition coefficient (Wildman–Crippen LogP) is 3.14. The van der Waals surface area contributed by atoms with E-state index in [2.05, 4.69) is 4.98 Å². The summed E-state index contributed by atoms with van der Waals surface area (Å²) in [6, 6.07) is 11.1. The van der Waals surface area contributed by atoms with Gasteiger partial charge in [0.25, 0.3) is 0 Å². The van der Waals surface area contributed by atoms with E-state index in [0.717, 1.165) is 24.6 Å². The van der Waals surface area contributed by atoms with Crippen LogP contribution in [0, 0.1) is 5.82 Å². The van der Waals surface area contributed by atoms with Gasteiger partial charge in [-0.05, 0) is 24.5 Å². The van der Waals surface area contributed by atoms with Gasteiger partial charge < -0.3 is 0 Å². The number of halogens is 1. The maximum absolute atomic E-state index is 13.6. The second-order valence-corrected chi connectivity index (χ2v) is 4.63. The van der Waals surface area contributed by atoms with Crippen molar-refractivity contribution in [3.63, 3.8) is 0 Å². The molecule has 1 fully saturated rings. The highest BCUT2D eigenvalue weighted by Crippen LogP contribution is 2.50. The minimum absolute atomic E-state index is 0.131. The van der Waals surface area contributed by atoms with Crippen LogP contribution in [0.2, 0.25) is 0 Å². The molecule has 0 aliphatic heterocycles. The number of pyridine rings is 1. The van der Waals surface area contributed by atoms with Crippen LogP contribution < -0.4 is 0 Å². The molecule has 2 nitrogen and oxygen atoms in total. The van der Waals surface area contributed by atoms with Crippen LogP contribution in [-0.4, -0.2) is 10.8 Å². The van der Waals surface area contributed by atoms with Crippen LogP contribution in [-0.2, 0) is 5.41 Å². The zero-order valence-electron chi connectivity index (χ0n) is 9.77. The van der Waals surface area contributed by atoms with Crippen molar-refractivity contribution in [2.75, 3.05) is 0 Å². The second-order valence-electron chi connectivity index (χ2n) is 4.63. The highest BCUT2D eigenvalue weighted by molar-refractivity contribution is 6.06. The third-order valence-corrected chi connectivity index (χ3v) is 3.53. The van der Waals surface area contributed by atoms with Gasteiger partial charge in [-0.2, -0.15) is 0 Å². The maximum Gasteiger partial charge on any atom is 0.176 e. The third kappa shape index (κ3) is 1.63. The van der Waals surface area contributed by atoms with Crippen LogP contribution in [0.4, 0.5) is 4.39 Å². The van der Waals surface area contributed by atoms with Crippen LogP contribution in [0.15, 0.2) is 48.8 Å². The number of carbonyl (C=O) groups excluding carboxylic acids is 1. The normalized spacial score (nSPS) is 16.3. The molecule has 0 unspecified atom stereocenters. The smallest absolute Gasteiger partial charge is 0.176 e. The van der Waals surface area contributed by atoms with Gasteiger partial charge in [-0.1, -0.05) is 30.3 Å². The first-order chi connectivity index (χ1) is 8.74. The van der Waals surface area contributed by atoms with Crippen molar-refractivity contribution in [2.24, 2.45) is 0 Å². The Morgan fingerprint density at radius 2 is 1.89 bits per heavy atom. The fourth-order valence-corrected chi connectivity index (χ4v) is 2.35. The third-order valence-electron chi connectivity index (χ3n) is 3.53. The Kier molecular flexibility index (Phi) is 2.47. The Labute approximate surface area is 104 Å². The molecular formula is C15H12FNO. The van der Waals surface area contributed by atoms with Crippen molar-refractivity contribution in [3.05, 3.63) is 65.7 Å². The first-order valence-electron chi connectivity index (χ1n) is 5.94. The molecule has 0 atom stereocenters. The van der Waals surface area contributed by atoms with E-state index >= 15 is 0 Å². The largest absolute Gasteiger partial charge is 0.293 e. The number of aromatic nitrogens is 1. The SMILES string of the molecule is O=C(c1ccncc1F)C1(c2ccccc2)CC1. The number of ketones is 1. The lowest BCUT2D eigenvalue weighted by atomic mass is 9.88. The molecule has 0 saturated heterocycles. The number of nitrogens with zero attached hydrogens (tertiary/aromatic N) is 1. The van der Waals surface area contributed by atoms with E-state index in [1.54, 1.807) is 0 Å². The average Bonchev–Trinajstić information content (AvgIpc) is 3.21. The van der Waals surface area contributed by atoms with Crippen molar-refractivity contribution in [3.8, 4) is 0 Å². The molecule has 1 saturated carbocycles. The zero-order valence-corrected chi connectivity index (χ0v) is 9.77. The molecule has 0 N–H and O–H groups in total. The lowest BCUT2D eigenvalue weighted by molar-refractivity contribution is 0.0942. The number of benzene rings is 1. The van der Waals surface area contributed by atoms with E-state index in [-0.39, 0.29) is 11.3 Å². The summed E-state index contributed by atoms with van der Waals surface area (Å²) in [5.41, 5.74) is 0.612. The summed E-state index contributed by atoms with van der Waals surface area (Å²) in [5, 5.41) is 0. The van der Waals surface area contributed by atoms with E-state index in [4.69, 9.17) is 0 Å². The van der Waals surface area contributed by atoms with Gasteiger partial charge in [0.1, 0.15) is 0 Å². The number of Topliss-reactive ketones (excluding diaryl/α,β-unsaturated/α-hetero) is 1. The van der Waals surface area contributed by atoms with Gasteiger partial charge in [-0.25, -0.2) is 4.39 Å². The Morgan fingerprint density at radius 1 is 1.17 bits per heavy atom. The second kappa shape index (κ2) is 4.02. The number of rotatable bonds is 3. The van der Waals surface area contributed by atoms with Crippen molar-refractivity contribution in [1.29, 1.82) is 0 Å². The van der Waals surface area contributed by atoms with Crippen LogP contribution in [0.5, 0.6) is 0 Å². The van der Waals surface area contributed by atoms with E-state index in [0.29, 0.717) is 0 Å². The molecule has 90 valence electrons. The first kappa shape index (κ1) is 11.1. The van der Waals surface area contributed by atoms with Crippen LogP contribution in [0.25, 0.3) is 0 Å². The molecule has 3 rings (SSSR count). The molecule has 18 heavy (non-hydrogen) atoms. The fraction of sp³-hybridized carbons (Fsp3) is 0.200. The zero-order chi connectivity index (χ0) is 12.6. The summed E-state index contributed by atoms with van der Waals surface area (Å²) < 4.78 is 13.6. The van der Waals surface area contributed by atoms with Gasteiger partial charge in [0, 0.05) is 6.20 Å². The van der Waals surface area contributed by atoms with Crippen molar-refractivity contribution in [1.82, 2.24) is 4.98 Å².